The van der Waals surface area contributed by atoms with Gasteiger partial charge in [-0.1, -0.05) is 12.1 Å². The van der Waals surface area contributed by atoms with Crippen LogP contribution in [0.15, 0.2) is 30.4 Å². The van der Waals surface area contributed by atoms with E-state index in [1.165, 1.54) is 37.2 Å². The zero-order valence-electron chi connectivity index (χ0n) is 10.4. The SMILES string of the molecule is COC(=O)/C=C/C(=O)c1ccc2c(c1)CCCC2. The Labute approximate surface area is 106 Å². The zero-order valence-corrected chi connectivity index (χ0v) is 10.4. The summed E-state index contributed by atoms with van der Waals surface area (Å²) in [6.07, 6.45) is 6.96. The van der Waals surface area contributed by atoms with Gasteiger partial charge in [0, 0.05) is 11.6 Å². The molecule has 3 nitrogen and oxygen atoms in total. The number of benzene rings is 1. The minimum atomic E-state index is -0.513. The smallest absolute Gasteiger partial charge is 0.330 e. The number of allylic oxidation sites excluding steroid dienone is 1. The molecule has 0 heterocycles. The van der Waals surface area contributed by atoms with Crippen LogP contribution in [0.25, 0.3) is 0 Å². The van der Waals surface area contributed by atoms with Crippen LogP contribution in [0.2, 0.25) is 0 Å². The third-order valence-corrected chi connectivity index (χ3v) is 3.20. The molecule has 2 rings (SSSR count). The average Bonchev–Trinajstić information content (AvgIpc) is 2.43. The maximum Gasteiger partial charge on any atom is 0.330 e. The monoisotopic (exact) mass is 244 g/mol. The van der Waals surface area contributed by atoms with Crippen molar-refractivity contribution in [3.05, 3.63) is 47.0 Å². The Hall–Kier alpha value is -1.90. The molecule has 0 atom stereocenters. The fraction of sp³-hybridized carbons (Fsp3) is 0.333. The quantitative estimate of drug-likeness (QED) is 0.466. The maximum atomic E-state index is 11.9. The van der Waals surface area contributed by atoms with Gasteiger partial charge in [-0.05, 0) is 49.0 Å². The number of ether oxygens (including phenoxy) is 1. The normalized spacial score (nSPS) is 14.3. The van der Waals surface area contributed by atoms with Gasteiger partial charge in [-0.2, -0.15) is 0 Å². The fourth-order valence-electron chi connectivity index (χ4n) is 2.19. The molecule has 0 fully saturated rings. The molecule has 1 aliphatic rings. The Morgan fingerprint density at radius 2 is 1.83 bits per heavy atom. The second-order valence-corrected chi connectivity index (χ2v) is 4.41. The summed E-state index contributed by atoms with van der Waals surface area (Å²) in [4.78, 5) is 22.8. The predicted molar refractivity (Wildman–Crippen MR) is 68.6 cm³/mol. The largest absolute Gasteiger partial charge is 0.466 e. The second kappa shape index (κ2) is 5.63. The molecule has 0 spiro atoms. The van der Waals surface area contributed by atoms with E-state index in [0.29, 0.717) is 5.56 Å². The molecule has 1 aromatic rings. The first-order chi connectivity index (χ1) is 8.70. The molecular weight excluding hydrogens is 228 g/mol. The van der Waals surface area contributed by atoms with Crippen LogP contribution in [0.4, 0.5) is 0 Å². The molecule has 18 heavy (non-hydrogen) atoms. The van der Waals surface area contributed by atoms with Crippen LogP contribution >= 0.6 is 0 Å². The van der Waals surface area contributed by atoms with E-state index < -0.39 is 5.97 Å². The van der Waals surface area contributed by atoms with Gasteiger partial charge in [-0.25, -0.2) is 4.79 Å². The highest BCUT2D eigenvalue weighted by Gasteiger charge is 2.11. The Bertz CT molecular complexity index is 500. The van der Waals surface area contributed by atoms with Gasteiger partial charge in [0.25, 0.3) is 0 Å². The number of esters is 1. The lowest BCUT2D eigenvalue weighted by atomic mass is 9.90. The van der Waals surface area contributed by atoms with Crippen molar-refractivity contribution < 1.29 is 14.3 Å². The summed E-state index contributed by atoms with van der Waals surface area (Å²) in [7, 11) is 1.29. The summed E-state index contributed by atoms with van der Waals surface area (Å²) < 4.78 is 4.45. The van der Waals surface area contributed by atoms with Crippen molar-refractivity contribution in [1.82, 2.24) is 0 Å². The number of rotatable bonds is 3. The van der Waals surface area contributed by atoms with Crippen molar-refractivity contribution in [2.45, 2.75) is 25.7 Å². The van der Waals surface area contributed by atoms with Gasteiger partial charge in [-0.3, -0.25) is 4.79 Å². The first-order valence-electron chi connectivity index (χ1n) is 6.13. The third kappa shape index (κ3) is 2.86. The van der Waals surface area contributed by atoms with E-state index in [1.54, 1.807) is 0 Å². The molecule has 3 heteroatoms. The maximum absolute atomic E-state index is 11.9. The number of methoxy groups -OCH3 is 1. The highest BCUT2D eigenvalue weighted by molar-refractivity contribution is 6.07. The number of hydrogen-bond acceptors (Lipinski definition) is 3. The topological polar surface area (TPSA) is 43.4 Å². The van der Waals surface area contributed by atoms with Gasteiger partial charge in [0.2, 0.25) is 0 Å². The van der Waals surface area contributed by atoms with Crippen molar-refractivity contribution in [3.63, 3.8) is 0 Å². The zero-order chi connectivity index (χ0) is 13.0. The second-order valence-electron chi connectivity index (χ2n) is 4.41. The average molecular weight is 244 g/mol. The van der Waals surface area contributed by atoms with Crippen LogP contribution in [0, 0.1) is 0 Å². The number of carbonyl (C=O) groups is 2. The van der Waals surface area contributed by atoms with Crippen LogP contribution in [-0.4, -0.2) is 18.9 Å². The van der Waals surface area contributed by atoms with Crippen LogP contribution in [0.1, 0.15) is 34.3 Å². The summed E-state index contributed by atoms with van der Waals surface area (Å²) in [6, 6.07) is 5.79. The van der Waals surface area contributed by atoms with Gasteiger partial charge in [0.1, 0.15) is 0 Å². The molecule has 0 amide bonds. The van der Waals surface area contributed by atoms with E-state index in [1.807, 2.05) is 18.2 Å². The first-order valence-corrected chi connectivity index (χ1v) is 6.13. The lowest BCUT2D eigenvalue weighted by Crippen LogP contribution is -2.05. The summed E-state index contributed by atoms with van der Waals surface area (Å²) in [6.45, 7) is 0. The molecule has 0 bridgehead atoms. The van der Waals surface area contributed by atoms with Gasteiger partial charge >= 0.3 is 5.97 Å². The summed E-state index contributed by atoms with van der Waals surface area (Å²) in [5.74, 6) is -0.671. The highest BCUT2D eigenvalue weighted by Crippen LogP contribution is 2.22. The van der Waals surface area contributed by atoms with Crippen LogP contribution in [0.3, 0.4) is 0 Å². The number of aryl methyl sites for hydroxylation is 2. The molecule has 0 N–H and O–H groups in total. The molecule has 1 aromatic carbocycles. The molecule has 0 aliphatic heterocycles. The molecule has 0 saturated carbocycles. The molecule has 0 aromatic heterocycles. The first kappa shape index (κ1) is 12.6. The van der Waals surface area contributed by atoms with Crippen LogP contribution in [0.5, 0.6) is 0 Å². The summed E-state index contributed by atoms with van der Waals surface area (Å²) >= 11 is 0. The molecule has 94 valence electrons. The van der Waals surface area contributed by atoms with Gasteiger partial charge < -0.3 is 4.74 Å². The van der Waals surface area contributed by atoms with E-state index in [0.717, 1.165) is 18.9 Å². The number of hydrogen-bond donors (Lipinski definition) is 0. The van der Waals surface area contributed by atoms with Gasteiger partial charge in [0.05, 0.1) is 7.11 Å². The minimum Gasteiger partial charge on any atom is -0.466 e. The third-order valence-electron chi connectivity index (χ3n) is 3.20. The van der Waals surface area contributed by atoms with Gasteiger partial charge in [-0.15, -0.1) is 0 Å². The Kier molecular flexibility index (Phi) is 3.92. The Morgan fingerprint density at radius 3 is 2.56 bits per heavy atom. The molecular formula is C15H16O3. The van der Waals surface area contributed by atoms with Crippen molar-refractivity contribution >= 4 is 11.8 Å². The molecule has 0 unspecified atom stereocenters. The fourth-order valence-corrected chi connectivity index (χ4v) is 2.19. The van der Waals surface area contributed by atoms with E-state index in [-0.39, 0.29) is 5.78 Å². The van der Waals surface area contributed by atoms with Crippen LogP contribution < -0.4 is 0 Å². The Balaban J connectivity index is 2.16. The van der Waals surface area contributed by atoms with Crippen LogP contribution in [-0.2, 0) is 22.4 Å². The summed E-state index contributed by atoms with van der Waals surface area (Å²) in [5, 5.41) is 0. The predicted octanol–water partition coefficient (Wildman–Crippen LogP) is 2.48. The number of carbonyl (C=O) groups excluding carboxylic acids is 2. The lowest BCUT2D eigenvalue weighted by molar-refractivity contribution is -0.134. The Morgan fingerprint density at radius 1 is 1.11 bits per heavy atom. The molecule has 1 aliphatic carbocycles. The van der Waals surface area contributed by atoms with Gasteiger partial charge in [0.15, 0.2) is 5.78 Å². The van der Waals surface area contributed by atoms with Crippen molar-refractivity contribution in [3.8, 4) is 0 Å². The lowest BCUT2D eigenvalue weighted by Gasteiger charge is -2.15. The van der Waals surface area contributed by atoms with Crippen molar-refractivity contribution in [2.24, 2.45) is 0 Å². The molecule has 0 saturated heterocycles. The minimum absolute atomic E-state index is 0.159. The number of ketones is 1. The summed E-state index contributed by atoms with van der Waals surface area (Å²) in [5.41, 5.74) is 3.24. The highest BCUT2D eigenvalue weighted by atomic mass is 16.5. The standard InChI is InChI=1S/C15H16O3/c1-18-15(17)9-8-14(16)13-7-6-11-4-2-3-5-12(11)10-13/h6-10H,2-5H2,1H3/b9-8+. The van der Waals surface area contributed by atoms with E-state index >= 15 is 0 Å². The molecule has 0 radical (unpaired) electrons. The van der Waals surface area contributed by atoms with E-state index in [9.17, 15) is 9.59 Å². The van der Waals surface area contributed by atoms with Crippen molar-refractivity contribution in [1.29, 1.82) is 0 Å². The van der Waals surface area contributed by atoms with E-state index in [2.05, 4.69) is 4.74 Å². The van der Waals surface area contributed by atoms with E-state index in [4.69, 9.17) is 0 Å². The van der Waals surface area contributed by atoms with Crippen molar-refractivity contribution in [2.75, 3.05) is 7.11 Å². The number of fused-ring (bicyclic) bond motifs is 1.